The molecule has 0 aromatic heterocycles. The lowest BCUT2D eigenvalue weighted by atomic mass is 9.88. The van der Waals surface area contributed by atoms with Crippen LogP contribution in [0.4, 0.5) is 5.69 Å². The van der Waals surface area contributed by atoms with Crippen LogP contribution in [0.1, 0.15) is 63.5 Å². The molecule has 3 N–H and O–H groups in total. The van der Waals surface area contributed by atoms with Gasteiger partial charge in [0.1, 0.15) is 0 Å². The number of carbonyl (C=O) groups excluding carboxylic acids is 1. The third kappa shape index (κ3) is 5.05. The number of hydrogen-bond donors (Lipinski definition) is 2. The molecule has 30 heavy (non-hydrogen) atoms. The van der Waals surface area contributed by atoms with Gasteiger partial charge in [0.2, 0.25) is 5.91 Å². The number of benzene rings is 1. The molecule has 1 fully saturated rings. The van der Waals surface area contributed by atoms with Crippen LogP contribution in [-0.2, 0) is 11.2 Å². The van der Waals surface area contributed by atoms with E-state index in [4.69, 9.17) is 11.1 Å². The van der Waals surface area contributed by atoms with Crippen molar-refractivity contribution in [3.8, 4) is 0 Å². The van der Waals surface area contributed by atoms with Crippen LogP contribution in [0.15, 0.2) is 24.4 Å². The molecule has 5 nitrogen and oxygen atoms in total. The Bertz CT molecular complexity index is 766. The van der Waals surface area contributed by atoms with Gasteiger partial charge in [0.05, 0.1) is 0 Å². The maximum Gasteiger partial charge on any atom is 0.225 e. The largest absolute Gasteiger partial charge is 0.404 e. The van der Waals surface area contributed by atoms with Crippen molar-refractivity contribution in [1.82, 2.24) is 4.90 Å². The zero-order valence-electron chi connectivity index (χ0n) is 18.7. The maximum atomic E-state index is 13.1. The normalized spacial score (nSPS) is 18.2. The number of rotatable bonds is 9. The third-order valence-electron chi connectivity index (χ3n) is 6.92. The van der Waals surface area contributed by atoms with Gasteiger partial charge in [-0.2, -0.15) is 0 Å². The molecule has 0 bridgehead atoms. The first-order chi connectivity index (χ1) is 14.6. The molecule has 1 amide bonds. The molecular weight excluding hydrogens is 372 g/mol. The first-order valence-corrected chi connectivity index (χ1v) is 11.7. The lowest BCUT2D eigenvalue weighted by Gasteiger charge is -2.33. The molecule has 1 aliphatic heterocycles. The Morgan fingerprint density at radius 2 is 2.07 bits per heavy atom. The summed E-state index contributed by atoms with van der Waals surface area (Å²) < 4.78 is 0. The Morgan fingerprint density at radius 3 is 2.70 bits per heavy atom. The molecule has 1 heterocycles. The summed E-state index contributed by atoms with van der Waals surface area (Å²) >= 11 is 0. The lowest BCUT2D eigenvalue weighted by Crippen LogP contribution is -2.42. The Balaban J connectivity index is 1.65. The van der Waals surface area contributed by atoms with Gasteiger partial charge < -0.3 is 20.9 Å². The fraction of sp³-hybridized carbons (Fsp3) is 0.600. The van der Waals surface area contributed by atoms with Crippen molar-refractivity contribution in [2.45, 2.75) is 58.8 Å². The Hall–Kier alpha value is -2.30. The smallest absolute Gasteiger partial charge is 0.225 e. The molecule has 1 aliphatic carbocycles. The summed E-state index contributed by atoms with van der Waals surface area (Å²) in [6.45, 7) is 8.04. The van der Waals surface area contributed by atoms with Gasteiger partial charge in [-0.1, -0.05) is 32.3 Å². The Kier molecular flexibility index (Phi) is 7.94. The number of carbonyl (C=O) groups is 1. The van der Waals surface area contributed by atoms with Crippen molar-refractivity contribution in [1.29, 1.82) is 5.41 Å². The van der Waals surface area contributed by atoms with E-state index in [1.165, 1.54) is 42.9 Å². The van der Waals surface area contributed by atoms with Gasteiger partial charge in [-0.15, -0.1) is 0 Å². The number of allylic oxidation sites excluding steroid dienone is 1. The molecule has 0 saturated heterocycles. The number of fused-ring (bicyclic) bond motifs is 1. The van der Waals surface area contributed by atoms with E-state index in [9.17, 15) is 4.79 Å². The first-order valence-electron chi connectivity index (χ1n) is 11.7. The summed E-state index contributed by atoms with van der Waals surface area (Å²) in [4.78, 5) is 17.6. The number of nitrogens with zero attached hydrogens (tertiary/aromatic N) is 2. The molecular formula is C25H38N4O. The van der Waals surface area contributed by atoms with Gasteiger partial charge in [0.25, 0.3) is 0 Å². The van der Waals surface area contributed by atoms with E-state index < -0.39 is 0 Å². The fourth-order valence-corrected chi connectivity index (χ4v) is 4.99. The third-order valence-corrected chi connectivity index (χ3v) is 6.92. The van der Waals surface area contributed by atoms with E-state index in [0.717, 1.165) is 63.0 Å². The van der Waals surface area contributed by atoms with Crippen molar-refractivity contribution < 1.29 is 4.79 Å². The molecule has 164 valence electrons. The maximum absolute atomic E-state index is 13.1. The Morgan fingerprint density at radius 1 is 1.30 bits per heavy atom. The number of anilines is 1. The highest BCUT2D eigenvalue weighted by Gasteiger charge is 2.28. The summed E-state index contributed by atoms with van der Waals surface area (Å²) in [5.41, 5.74) is 10.0. The van der Waals surface area contributed by atoms with Crippen LogP contribution < -0.4 is 10.6 Å². The molecule has 1 saturated carbocycles. The van der Waals surface area contributed by atoms with Gasteiger partial charge >= 0.3 is 0 Å². The number of hydrogen-bond acceptors (Lipinski definition) is 4. The molecule has 1 unspecified atom stereocenters. The van der Waals surface area contributed by atoms with Crippen LogP contribution in [0, 0.1) is 17.2 Å². The minimum absolute atomic E-state index is 0.251. The number of nitrogens with one attached hydrogen (secondary N) is 1. The standard InChI is InChI=1S/C25H38N4O/c1-3-19(17-28(4-2)25(30)20-8-6-5-7-9-20)18-29-13-12-22-14-21(10-11-24(22)29)23(15-26)16-27/h10-11,14-16,19-20,26H,3-9,12-13,17-18,27H2,1-2H3/b23-16+,26-15?. The van der Waals surface area contributed by atoms with Crippen LogP contribution >= 0.6 is 0 Å². The topological polar surface area (TPSA) is 73.4 Å². The van der Waals surface area contributed by atoms with Crippen molar-refractivity contribution in [2.75, 3.05) is 31.1 Å². The second kappa shape index (κ2) is 10.6. The van der Waals surface area contributed by atoms with Crippen molar-refractivity contribution >= 4 is 23.4 Å². The van der Waals surface area contributed by atoms with E-state index in [2.05, 4.69) is 41.8 Å². The van der Waals surface area contributed by atoms with Crippen LogP contribution in [0.5, 0.6) is 0 Å². The van der Waals surface area contributed by atoms with Crippen LogP contribution in [-0.4, -0.2) is 43.2 Å². The monoisotopic (exact) mass is 410 g/mol. The first kappa shape index (κ1) is 22.4. The van der Waals surface area contributed by atoms with E-state index in [-0.39, 0.29) is 5.92 Å². The summed E-state index contributed by atoms with van der Waals surface area (Å²) in [6.07, 6.45) is 10.7. The molecule has 3 rings (SSSR count). The molecule has 0 spiro atoms. The fourth-order valence-electron chi connectivity index (χ4n) is 4.99. The molecule has 1 atom stereocenters. The predicted molar refractivity (Wildman–Crippen MR) is 126 cm³/mol. The van der Waals surface area contributed by atoms with Gasteiger partial charge in [0.15, 0.2) is 0 Å². The lowest BCUT2D eigenvalue weighted by molar-refractivity contribution is -0.137. The number of nitrogens with two attached hydrogens (primary N) is 1. The Labute approximate surface area is 181 Å². The summed E-state index contributed by atoms with van der Waals surface area (Å²) in [7, 11) is 0. The highest BCUT2D eigenvalue weighted by molar-refractivity contribution is 6.08. The van der Waals surface area contributed by atoms with Gasteiger partial charge in [0, 0.05) is 55.8 Å². The minimum Gasteiger partial charge on any atom is -0.404 e. The zero-order valence-corrected chi connectivity index (χ0v) is 18.7. The van der Waals surface area contributed by atoms with Gasteiger partial charge in [-0.3, -0.25) is 4.79 Å². The molecule has 1 aromatic carbocycles. The van der Waals surface area contributed by atoms with Gasteiger partial charge in [-0.05, 0) is 61.8 Å². The summed E-state index contributed by atoms with van der Waals surface area (Å²) in [5, 5.41) is 7.53. The van der Waals surface area contributed by atoms with E-state index in [1.807, 2.05) is 0 Å². The van der Waals surface area contributed by atoms with E-state index in [1.54, 1.807) is 0 Å². The highest BCUT2D eigenvalue weighted by atomic mass is 16.2. The summed E-state index contributed by atoms with van der Waals surface area (Å²) in [6, 6.07) is 6.40. The van der Waals surface area contributed by atoms with Crippen LogP contribution in [0.2, 0.25) is 0 Å². The average Bonchev–Trinajstić information content (AvgIpc) is 3.19. The second-order valence-electron chi connectivity index (χ2n) is 8.79. The van der Waals surface area contributed by atoms with Crippen molar-refractivity contribution in [3.05, 3.63) is 35.5 Å². The number of amides is 1. The summed E-state index contributed by atoms with van der Waals surface area (Å²) in [5.74, 6) is 1.11. The molecule has 5 heteroatoms. The van der Waals surface area contributed by atoms with Crippen molar-refractivity contribution in [2.24, 2.45) is 17.6 Å². The van der Waals surface area contributed by atoms with E-state index in [0.29, 0.717) is 11.8 Å². The predicted octanol–water partition coefficient (Wildman–Crippen LogP) is 4.45. The van der Waals surface area contributed by atoms with Crippen LogP contribution in [0.3, 0.4) is 0 Å². The SMILES string of the molecule is CCC(CN(CC)C(=O)C1CCCCC1)CN1CCc2cc(/C(C=N)=C/N)ccc21. The molecule has 1 aromatic rings. The van der Waals surface area contributed by atoms with Gasteiger partial charge in [-0.25, -0.2) is 0 Å². The quantitative estimate of drug-likeness (QED) is 0.591. The second-order valence-corrected chi connectivity index (χ2v) is 8.79. The molecule has 2 aliphatic rings. The van der Waals surface area contributed by atoms with Crippen LogP contribution in [0.25, 0.3) is 5.57 Å². The minimum atomic E-state index is 0.251. The zero-order chi connectivity index (χ0) is 21.5. The highest BCUT2D eigenvalue weighted by Crippen LogP contribution is 2.32. The van der Waals surface area contributed by atoms with E-state index >= 15 is 0 Å². The van der Waals surface area contributed by atoms with Crippen molar-refractivity contribution in [3.63, 3.8) is 0 Å². The average molecular weight is 411 g/mol. The molecule has 0 radical (unpaired) electrons.